The number of aromatic nitrogens is 2. The molecule has 0 aliphatic carbocycles. The third-order valence-corrected chi connectivity index (χ3v) is 5.37. The molecule has 1 aromatic carbocycles. The van der Waals surface area contributed by atoms with Gasteiger partial charge in [-0.1, -0.05) is 6.07 Å². The molecule has 0 saturated heterocycles. The topological polar surface area (TPSA) is 84.2 Å². The molecule has 6 nitrogen and oxygen atoms in total. The summed E-state index contributed by atoms with van der Waals surface area (Å²) in [5, 5.41) is 9.10. The van der Waals surface area contributed by atoms with Crippen molar-refractivity contribution < 1.29 is 13.5 Å². The van der Waals surface area contributed by atoms with E-state index in [1.54, 1.807) is 24.7 Å². The van der Waals surface area contributed by atoms with Crippen LogP contribution in [0.3, 0.4) is 0 Å². The van der Waals surface area contributed by atoms with E-state index < -0.39 is 10.0 Å². The van der Waals surface area contributed by atoms with E-state index in [1.807, 2.05) is 10.8 Å². The number of rotatable bonds is 7. The van der Waals surface area contributed by atoms with Gasteiger partial charge in [-0.3, -0.25) is 0 Å². The average molecular weight is 374 g/mol. The van der Waals surface area contributed by atoms with Crippen molar-refractivity contribution in [3.05, 3.63) is 47.0 Å². The molecule has 0 spiro atoms. The molecule has 0 saturated carbocycles. The van der Waals surface area contributed by atoms with Crippen molar-refractivity contribution in [1.82, 2.24) is 14.3 Å². The van der Waals surface area contributed by atoms with Crippen molar-refractivity contribution >= 4 is 26.0 Å². The molecular formula is C13H16BrN3O3S. The van der Waals surface area contributed by atoms with E-state index in [2.05, 4.69) is 25.6 Å². The summed E-state index contributed by atoms with van der Waals surface area (Å²) in [4.78, 5) is 4.06. The molecular weight excluding hydrogens is 358 g/mol. The number of benzene rings is 1. The molecule has 1 aromatic heterocycles. The lowest BCUT2D eigenvalue weighted by molar-refractivity contribution is 0.281. The van der Waals surface area contributed by atoms with Crippen LogP contribution in [0.1, 0.15) is 12.0 Å². The van der Waals surface area contributed by atoms with Gasteiger partial charge in [0, 0.05) is 30.0 Å². The molecule has 0 atom stereocenters. The number of imidazole rings is 1. The van der Waals surface area contributed by atoms with Crippen molar-refractivity contribution in [2.75, 3.05) is 6.54 Å². The summed E-state index contributed by atoms with van der Waals surface area (Å²) in [5.74, 6) is 0. The summed E-state index contributed by atoms with van der Waals surface area (Å²) in [6.07, 6.45) is 5.86. The summed E-state index contributed by atoms with van der Waals surface area (Å²) >= 11 is 3.22. The van der Waals surface area contributed by atoms with E-state index in [0.29, 0.717) is 29.5 Å². The predicted molar refractivity (Wildman–Crippen MR) is 82.1 cm³/mol. The molecule has 2 N–H and O–H groups in total. The lowest BCUT2D eigenvalue weighted by Crippen LogP contribution is -2.26. The molecule has 8 heteroatoms. The van der Waals surface area contributed by atoms with Gasteiger partial charge < -0.3 is 9.67 Å². The van der Waals surface area contributed by atoms with Crippen molar-refractivity contribution in [3.8, 4) is 0 Å². The smallest absolute Gasteiger partial charge is 0.241 e. The predicted octanol–water partition coefficient (Wildman–Crippen LogP) is 1.51. The van der Waals surface area contributed by atoms with Gasteiger partial charge in [0.15, 0.2) is 0 Å². The van der Waals surface area contributed by atoms with E-state index >= 15 is 0 Å². The highest BCUT2D eigenvalue weighted by Crippen LogP contribution is 2.23. The van der Waals surface area contributed by atoms with Gasteiger partial charge in [0.2, 0.25) is 10.0 Å². The first-order valence-electron chi connectivity index (χ1n) is 6.37. The van der Waals surface area contributed by atoms with Gasteiger partial charge in [-0.25, -0.2) is 18.1 Å². The van der Waals surface area contributed by atoms with Gasteiger partial charge in [-0.05, 0) is 40.0 Å². The van der Waals surface area contributed by atoms with Crippen molar-refractivity contribution in [1.29, 1.82) is 0 Å². The van der Waals surface area contributed by atoms with Gasteiger partial charge in [0.05, 0.1) is 17.8 Å². The summed E-state index contributed by atoms with van der Waals surface area (Å²) < 4.78 is 29.4. The maximum absolute atomic E-state index is 12.2. The number of halogens is 1. The standard InChI is InChI=1S/C13H16BrN3O3S/c14-12-3-2-11(9-18)8-13(12)21(19,20)16-4-1-6-17-7-5-15-10-17/h2-3,5,7-8,10,16,18H,1,4,6,9H2. The molecule has 0 bridgehead atoms. The SMILES string of the molecule is O=S(=O)(NCCCn1ccnc1)c1cc(CO)ccc1Br. The number of hydrogen-bond donors (Lipinski definition) is 2. The van der Waals surface area contributed by atoms with Crippen LogP contribution in [0.4, 0.5) is 0 Å². The normalized spacial score (nSPS) is 11.7. The minimum absolute atomic E-state index is 0.136. The van der Waals surface area contributed by atoms with Crippen LogP contribution in [0.5, 0.6) is 0 Å². The van der Waals surface area contributed by atoms with E-state index in [0.717, 1.165) is 0 Å². The third-order valence-electron chi connectivity index (χ3n) is 2.91. The minimum Gasteiger partial charge on any atom is -0.392 e. The zero-order chi connectivity index (χ0) is 15.3. The van der Waals surface area contributed by atoms with E-state index in [-0.39, 0.29) is 11.5 Å². The number of hydrogen-bond acceptors (Lipinski definition) is 4. The number of nitrogens with one attached hydrogen (secondary N) is 1. The molecule has 0 aliphatic heterocycles. The van der Waals surface area contributed by atoms with Crippen molar-refractivity contribution in [3.63, 3.8) is 0 Å². The Bertz CT molecular complexity index is 687. The first kappa shape index (κ1) is 16.2. The zero-order valence-corrected chi connectivity index (χ0v) is 13.6. The summed E-state index contributed by atoms with van der Waals surface area (Å²) in [6, 6.07) is 4.75. The van der Waals surface area contributed by atoms with E-state index in [1.165, 1.54) is 6.07 Å². The summed E-state index contributed by atoms with van der Waals surface area (Å²) in [6.45, 7) is 0.826. The molecule has 21 heavy (non-hydrogen) atoms. The number of sulfonamides is 1. The highest BCUT2D eigenvalue weighted by Gasteiger charge is 2.17. The Labute approximate surface area is 132 Å². The minimum atomic E-state index is -3.60. The Morgan fingerprint density at radius 2 is 2.19 bits per heavy atom. The van der Waals surface area contributed by atoms with Gasteiger partial charge in [0.25, 0.3) is 0 Å². The second-order valence-corrected chi connectivity index (χ2v) is 7.06. The Morgan fingerprint density at radius 1 is 1.38 bits per heavy atom. The van der Waals surface area contributed by atoms with Crippen LogP contribution >= 0.6 is 15.9 Å². The Balaban J connectivity index is 1.98. The van der Waals surface area contributed by atoms with E-state index in [9.17, 15) is 8.42 Å². The largest absolute Gasteiger partial charge is 0.392 e. The van der Waals surface area contributed by atoms with Crippen LogP contribution in [0.15, 0.2) is 46.3 Å². The van der Waals surface area contributed by atoms with Crippen molar-refractivity contribution in [2.24, 2.45) is 0 Å². The van der Waals surface area contributed by atoms with Gasteiger partial charge in [0.1, 0.15) is 0 Å². The lowest BCUT2D eigenvalue weighted by atomic mass is 10.2. The number of nitrogens with zero attached hydrogens (tertiary/aromatic N) is 2. The highest BCUT2D eigenvalue weighted by molar-refractivity contribution is 9.10. The average Bonchev–Trinajstić information content (AvgIpc) is 2.97. The second-order valence-electron chi connectivity index (χ2n) is 4.47. The number of aliphatic hydroxyl groups is 1. The summed E-state index contributed by atoms with van der Waals surface area (Å²) in [7, 11) is -3.60. The maximum Gasteiger partial charge on any atom is 0.241 e. The van der Waals surface area contributed by atoms with Crippen LogP contribution in [0.2, 0.25) is 0 Å². The van der Waals surface area contributed by atoms with Gasteiger partial charge in [-0.15, -0.1) is 0 Å². The highest BCUT2D eigenvalue weighted by atomic mass is 79.9. The van der Waals surface area contributed by atoms with Crippen LogP contribution in [0, 0.1) is 0 Å². The summed E-state index contributed by atoms with van der Waals surface area (Å²) in [5.41, 5.74) is 0.553. The lowest BCUT2D eigenvalue weighted by Gasteiger charge is -2.10. The monoisotopic (exact) mass is 373 g/mol. The fourth-order valence-electron chi connectivity index (χ4n) is 1.82. The molecule has 0 amide bonds. The number of aliphatic hydroxyl groups excluding tert-OH is 1. The van der Waals surface area contributed by atoms with Crippen LogP contribution in [0.25, 0.3) is 0 Å². The van der Waals surface area contributed by atoms with Crippen molar-refractivity contribution in [2.45, 2.75) is 24.5 Å². The van der Waals surface area contributed by atoms with E-state index in [4.69, 9.17) is 5.11 Å². The third kappa shape index (κ3) is 4.37. The van der Waals surface area contributed by atoms with Gasteiger partial charge >= 0.3 is 0 Å². The molecule has 1 heterocycles. The van der Waals surface area contributed by atoms with Crippen LogP contribution in [-0.2, 0) is 23.2 Å². The van der Waals surface area contributed by atoms with Crippen LogP contribution < -0.4 is 4.72 Å². The van der Waals surface area contributed by atoms with Crippen LogP contribution in [-0.4, -0.2) is 29.6 Å². The molecule has 0 fully saturated rings. The number of aryl methyl sites for hydroxylation is 1. The zero-order valence-electron chi connectivity index (χ0n) is 11.2. The van der Waals surface area contributed by atoms with Gasteiger partial charge in [-0.2, -0.15) is 0 Å². The molecule has 0 radical (unpaired) electrons. The Morgan fingerprint density at radius 3 is 2.86 bits per heavy atom. The fourth-order valence-corrected chi connectivity index (χ4v) is 3.90. The molecule has 0 aliphatic rings. The molecule has 2 rings (SSSR count). The Kier molecular flexibility index (Phi) is 5.51. The molecule has 2 aromatic rings. The maximum atomic E-state index is 12.2. The fraction of sp³-hybridized carbons (Fsp3) is 0.308. The second kappa shape index (κ2) is 7.17. The molecule has 114 valence electrons. The quantitative estimate of drug-likeness (QED) is 0.720. The first-order chi connectivity index (χ1) is 10.0. The first-order valence-corrected chi connectivity index (χ1v) is 8.65. The Hall–Kier alpha value is -1.22. The molecule has 0 unspecified atom stereocenters.